The predicted octanol–water partition coefficient (Wildman–Crippen LogP) is 7.26. The number of rotatable bonds is 7. The van der Waals surface area contributed by atoms with E-state index in [0.717, 1.165) is 32.6 Å². The summed E-state index contributed by atoms with van der Waals surface area (Å²) in [5, 5.41) is 5.71. The number of nitrogens with one attached hydrogen (secondary N) is 1. The zero-order valence-corrected chi connectivity index (χ0v) is 19.9. The molecule has 0 radical (unpaired) electrons. The van der Waals surface area contributed by atoms with Gasteiger partial charge in [-0.3, -0.25) is 4.79 Å². The largest absolute Gasteiger partial charge is 0.416 e. The fraction of sp³-hybridized carbons (Fsp3) is 0.136. The molecule has 11 heteroatoms. The Bertz CT molecular complexity index is 1260. The molecule has 0 saturated carbocycles. The molecule has 1 N–H and O–H groups in total. The Labute approximate surface area is 204 Å². The third kappa shape index (κ3) is 6.57. The van der Waals surface area contributed by atoms with Gasteiger partial charge < -0.3 is 5.32 Å². The summed E-state index contributed by atoms with van der Waals surface area (Å²) < 4.78 is 39.4. The van der Waals surface area contributed by atoms with E-state index in [2.05, 4.69) is 15.3 Å². The third-order valence-electron chi connectivity index (χ3n) is 4.38. The van der Waals surface area contributed by atoms with Crippen LogP contribution in [0.2, 0.25) is 5.02 Å². The van der Waals surface area contributed by atoms with E-state index in [0.29, 0.717) is 22.1 Å². The van der Waals surface area contributed by atoms with Gasteiger partial charge in [-0.05, 0) is 23.8 Å². The lowest BCUT2D eigenvalue weighted by molar-refractivity contribution is -0.137. The van der Waals surface area contributed by atoms with Crippen LogP contribution < -0.4 is 5.32 Å². The van der Waals surface area contributed by atoms with Gasteiger partial charge in [0.25, 0.3) is 0 Å². The van der Waals surface area contributed by atoms with E-state index in [9.17, 15) is 18.0 Å². The molecule has 170 valence electrons. The molecule has 2 heterocycles. The summed E-state index contributed by atoms with van der Waals surface area (Å²) in [4.78, 5) is 21.7. The van der Waals surface area contributed by atoms with Gasteiger partial charge in [0.1, 0.15) is 0 Å². The monoisotopic (exact) mass is 525 g/mol. The lowest BCUT2D eigenvalue weighted by atomic mass is 10.1. The Morgan fingerprint density at radius 3 is 2.70 bits per heavy atom. The smallest absolute Gasteiger partial charge is 0.301 e. The van der Waals surface area contributed by atoms with Crippen molar-refractivity contribution in [3.63, 3.8) is 0 Å². The number of hydrogen-bond acceptors (Lipinski definition) is 6. The zero-order valence-electron chi connectivity index (χ0n) is 16.7. The minimum atomic E-state index is -4.38. The molecule has 0 atom stereocenters. The van der Waals surface area contributed by atoms with Crippen molar-refractivity contribution in [1.82, 2.24) is 9.97 Å². The predicted molar refractivity (Wildman–Crippen MR) is 128 cm³/mol. The molecule has 4 rings (SSSR count). The summed E-state index contributed by atoms with van der Waals surface area (Å²) >= 11 is 9.91. The van der Waals surface area contributed by atoms with Gasteiger partial charge in [0.15, 0.2) is 9.47 Å². The summed E-state index contributed by atoms with van der Waals surface area (Å²) in [6.45, 7) is 0. The fourth-order valence-corrected chi connectivity index (χ4v) is 5.49. The van der Waals surface area contributed by atoms with Gasteiger partial charge in [0.05, 0.1) is 17.0 Å². The maximum Gasteiger partial charge on any atom is 0.416 e. The Morgan fingerprint density at radius 1 is 1.15 bits per heavy atom. The lowest BCUT2D eigenvalue weighted by Crippen LogP contribution is -2.13. The Hall–Kier alpha value is -2.40. The normalized spacial score (nSPS) is 11.5. The molecule has 2 aromatic heterocycles. The number of carbonyl (C=O) groups is 1. The SMILES string of the molecule is O=C(CSc1nc(-c2ccc(Cl)cc2)cs1)Nc1ncc(Cc2cccc(C(F)(F)F)c2)s1. The van der Waals surface area contributed by atoms with E-state index >= 15 is 0 Å². The van der Waals surface area contributed by atoms with Gasteiger partial charge in [-0.15, -0.1) is 22.7 Å². The zero-order chi connectivity index (χ0) is 23.4. The van der Waals surface area contributed by atoms with Crippen LogP contribution in [-0.4, -0.2) is 21.6 Å². The maximum absolute atomic E-state index is 12.9. The molecule has 0 aliphatic rings. The number of halogens is 4. The number of hydrogen-bond donors (Lipinski definition) is 1. The molecular weight excluding hydrogens is 511 g/mol. The molecule has 0 spiro atoms. The van der Waals surface area contributed by atoms with E-state index in [4.69, 9.17) is 11.6 Å². The van der Waals surface area contributed by atoms with Crippen molar-refractivity contribution in [2.75, 3.05) is 11.1 Å². The fourth-order valence-electron chi connectivity index (χ4n) is 2.87. The molecule has 0 bridgehead atoms. The van der Waals surface area contributed by atoms with E-state index in [-0.39, 0.29) is 11.7 Å². The van der Waals surface area contributed by atoms with Crippen molar-refractivity contribution in [3.05, 3.63) is 81.1 Å². The molecule has 0 saturated heterocycles. The van der Waals surface area contributed by atoms with Crippen molar-refractivity contribution < 1.29 is 18.0 Å². The number of nitrogens with zero attached hydrogens (tertiary/aromatic N) is 2. The first kappa shape index (κ1) is 23.7. The van der Waals surface area contributed by atoms with Crippen LogP contribution in [-0.2, 0) is 17.4 Å². The highest BCUT2D eigenvalue weighted by Crippen LogP contribution is 2.31. The first-order valence-electron chi connectivity index (χ1n) is 9.51. The number of alkyl halides is 3. The second kappa shape index (κ2) is 10.3. The van der Waals surface area contributed by atoms with Crippen molar-refractivity contribution in [1.29, 1.82) is 0 Å². The van der Waals surface area contributed by atoms with E-state index < -0.39 is 11.7 Å². The Kier molecular flexibility index (Phi) is 7.38. The first-order chi connectivity index (χ1) is 15.8. The summed E-state index contributed by atoms with van der Waals surface area (Å²) in [5.74, 6) is -0.0703. The van der Waals surface area contributed by atoms with Gasteiger partial charge >= 0.3 is 6.18 Å². The second-order valence-corrected chi connectivity index (χ2v) is 10.5. The average Bonchev–Trinajstić information content (AvgIpc) is 3.42. The van der Waals surface area contributed by atoms with E-state index in [1.807, 2.05) is 17.5 Å². The highest BCUT2D eigenvalue weighted by molar-refractivity contribution is 8.01. The highest BCUT2D eigenvalue weighted by atomic mass is 35.5. The van der Waals surface area contributed by atoms with Crippen LogP contribution in [0.25, 0.3) is 11.3 Å². The van der Waals surface area contributed by atoms with Crippen molar-refractivity contribution in [3.8, 4) is 11.3 Å². The van der Waals surface area contributed by atoms with Crippen LogP contribution in [0.1, 0.15) is 16.0 Å². The summed E-state index contributed by atoms with van der Waals surface area (Å²) in [6.07, 6.45) is -2.51. The molecule has 0 aliphatic heterocycles. The van der Waals surface area contributed by atoms with Crippen LogP contribution >= 0.6 is 46.0 Å². The number of aromatic nitrogens is 2. The summed E-state index contributed by atoms with van der Waals surface area (Å²) in [6, 6.07) is 12.6. The van der Waals surface area contributed by atoms with Crippen molar-refractivity contribution in [2.45, 2.75) is 16.9 Å². The maximum atomic E-state index is 12.9. The molecule has 33 heavy (non-hydrogen) atoms. The molecule has 2 aromatic carbocycles. The lowest BCUT2D eigenvalue weighted by Gasteiger charge is -2.07. The number of amides is 1. The van der Waals surface area contributed by atoms with Crippen LogP contribution in [0.15, 0.2) is 64.4 Å². The highest BCUT2D eigenvalue weighted by Gasteiger charge is 2.30. The van der Waals surface area contributed by atoms with Crippen molar-refractivity contribution in [2.24, 2.45) is 0 Å². The molecule has 0 unspecified atom stereocenters. The molecule has 0 fully saturated rings. The third-order valence-corrected chi connectivity index (χ3v) is 7.57. The minimum Gasteiger partial charge on any atom is -0.301 e. The average molecular weight is 526 g/mol. The molecule has 0 aliphatic carbocycles. The van der Waals surface area contributed by atoms with Gasteiger partial charge in [0, 0.05) is 33.5 Å². The standard InChI is InChI=1S/C22H15ClF3N3OS3/c23-16-6-4-14(5-7-16)18-11-31-21(28-18)32-12-19(30)29-20-27-10-17(33-20)9-13-2-1-3-15(8-13)22(24,25)26/h1-8,10-11H,9,12H2,(H,27,29,30). The minimum absolute atomic E-state index is 0.163. The van der Waals surface area contributed by atoms with Crippen LogP contribution in [0.5, 0.6) is 0 Å². The second-order valence-electron chi connectivity index (χ2n) is 6.85. The van der Waals surface area contributed by atoms with E-state index in [1.54, 1.807) is 24.4 Å². The van der Waals surface area contributed by atoms with Gasteiger partial charge in [-0.25, -0.2) is 9.97 Å². The van der Waals surface area contributed by atoms with Crippen molar-refractivity contribution >= 4 is 57.1 Å². The number of thiazole rings is 2. The van der Waals surface area contributed by atoms with Gasteiger partial charge in [-0.2, -0.15) is 13.2 Å². The molecular formula is C22H15ClF3N3OS3. The first-order valence-corrected chi connectivity index (χ1v) is 12.6. The number of anilines is 1. The van der Waals surface area contributed by atoms with Crippen LogP contribution in [0, 0.1) is 0 Å². The Balaban J connectivity index is 1.30. The van der Waals surface area contributed by atoms with Gasteiger partial charge in [-0.1, -0.05) is 53.7 Å². The topological polar surface area (TPSA) is 54.9 Å². The van der Waals surface area contributed by atoms with Gasteiger partial charge in [0.2, 0.25) is 5.91 Å². The van der Waals surface area contributed by atoms with Crippen LogP contribution in [0.4, 0.5) is 18.3 Å². The molecule has 4 nitrogen and oxygen atoms in total. The van der Waals surface area contributed by atoms with Crippen LogP contribution in [0.3, 0.4) is 0 Å². The quantitative estimate of drug-likeness (QED) is 0.258. The molecule has 1 amide bonds. The Morgan fingerprint density at radius 2 is 1.94 bits per heavy atom. The summed E-state index contributed by atoms with van der Waals surface area (Å²) in [5.41, 5.74) is 1.61. The number of carbonyl (C=O) groups excluding carboxylic acids is 1. The molecule has 4 aromatic rings. The van der Waals surface area contributed by atoms with E-state index in [1.165, 1.54) is 40.5 Å². The summed E-state index contributed by atoms with van der Waals surface area (Å²) in [7, 11) is 0. The number of benzene rings is 2. The number of thioether (sulfide) groups is 1.